The van der Waals surface area contributed by atoms with Gasteiger partial charge in [0, 0.05) is 28.3 Å². The van der Waals surface area contributed by atoms with E-state index in [1.54, 1.807) is 20.8 Å². The minimum Gasteiger partial charge on any atom is -0.503 e. The van der Waals surface area contributed by atoms with Gasteiger partial charge in [-0.25, -0.2) is 13.2 Å². The Morgan fingerprint density at radius 1 is 1.03 bits per heavy atom. The molecular weight excluding hydrogens is 411 g/mol. The van der Waals surface area contributed by atoms with Crippen LogP contribution in [0.5, 0.6) is 5.75 Å². The normalized spacial score (nSPS) is 13.9. The third-order valence-electron chi connectivity index (χ3n) is 6.06. The van der Waals surface area contributed by atoms with Crippen LogP contribution in [-0.4, -0.2) is 26.7 Å². The van der Waals surface area contributed by atoms with Crippen LogP contribution in [0.3, 0.4) is 0 Å². The Hall–Kier alpha value is -3.29. The first-order chi connectivity index (χ1) is 14.2. The van der Waals surface area contributed by atoms with Crippen molar-refractivity contribution in [2.24, 2.45) is 5.41 Å². The Labute approximate surface area is 176 Å². The average Bonchev–Trinajstić information content (AvgIpc) is 2.96. The standard InChI is InChI=1S/C23H22F3NO4/c1-11-17(23(5,21(30)31)22(2,3)4)16-15(10-14(25)19(28)18(16)26)27(11)20(29)12-7-6-8-13(24)9-12/h6-10,28H,1-5H3,(H,30,31)/t23-/m1/s1. The molecule has 8 heteroatoms. The first-order valence-electron chi connectivity index (χ1n) is 9.49. The highest BCUT2D eigenvalue weighted by Crippen LogP contribution is 2.48. The maximum Gasteiger partial charge on any atom is 0.314 e. The molecule has 0 spiro atoms. The molecule has 0 saturated heterocycles. The molecular formula is C23H22F3NO4. The number of nitrogens with zero attached hydrogens (tertiary/aromatic N) is 1. The second-order valence-electron chi connectivity index (χ2n) is 8.71. The van der Waals surface area contributed by atoms with E-state index < -0.39 is 45.9 Å². The summed E-state index contributed by atoms with van der Waals surface area (Å²) in [5.74, 6) is -6.71. The summed E-state index contributed by atoms with van der Waals surface area (Å²) in [5, 5.41) is 19.6. The predicted octanol–water partition coefficient (Wildman–Crippen LogP) is 5.15. The van der Waals surface area contributed by atoms with Crippen molar-refractivity contribution >= 4 is 22.8 Å². The van der Waals surface area contributed by atoms with Crippen LogP contribution >= 0.6 is 0 Å². The number of rotatable bonds is 3. The maximum atomic E-state index is 15.2. The van der Waals surface area contributed by atoms with Crippen LogP contribution in [0.1, 0.15) is 49.3 Å². The Balaban J connectivity index is 2.54. The third-order valence-corrected chi connectivity index (χ3v) is 6.06. The molecule has 1 atom stereocenters. The molecule has 1 heterocycles. The fourth-order valence-electron chi connectivity index (χ4n) is 3.91. The highest BCUT2D eigenvalue weighted by Gasteiger charge is 2.50. The van der Waals surface area contributed by atoms with Crippen LogP contribution in [-0.2, 0) is 10.2 Å². The average molecular weight is 433 g/mol. The van der Waals surface area contributed by atoms with E-state index in [2.05, 4.69) is 0 Å². The van der Waals surface area contributed by atoms with Gasteiger partial charge in [-0.1, -0.05) is 26.8 Å². The summed E-state index contributed by atoms with van der Waals surface area (Å²) in [5.41, 5.74) is -3.07. The van der Waals surface area contributed by atoms with Gasteiger partial charge in [0.15, 0.2) is 17.4 Å². The molecule has 3 rings (SSSR count). The van der Waals surface area contributed by atoms with Gasteiger partial charge < -0.3 is 10.2 Å². The minimum atomic E-state index is -1.73. The number of fused-ring (bicyclic) bond motifs is 1. The lowest BCUT2D eigenvalue weighted by atomic mass is 9.63. The number of halogens is 3. The molecule has 164 valence electrons. The monoisotopic (exact) mass is 433 g/mol. The SMILES string of the molecule is Cc1c([C@](C)(C(=O)O)C(C)(C)C)c2c(F)c(O)c(F)cc2n1C(=O)c1cccc(F)c1. The van der Waals surface area contributed by atoms with Crippen molar-refractivity contribution in [3.8, 4) is 5.75 Å². The molecule has 0 bridgehead atoms. The Bertz CT molecular complexity index is 1240. The molecule has 2 aromatic carbocycles. The van der Waals surface area contributed by atoms with Crippen LogP contribution in [0.25, 0.3) is 10.9 Å². The maximum absolute atomic E-state index is 15.2. The molecule has 0 radical (unpaired) electrons. The van der Waals surface area contributed by atoms with E-state index in [4.69, 9.17) is 0 Å². The molecule has 3 aromatic rings. The van der Waals surface area contributed by atoms with E-state index in [-0.39, 0.29) is 27.7 Å². The molecule has 5 nitrogen and oxygen atoms in total. The van der Waals surface area contributed by atoms with Gasteiger partial charge in [0.05, 0.1) is 10.9 Å². The first kappa shape index (κ1) is 22.4. The molecule has 31 heavy (non-hydrogen) atoms. The number of aromatic hydroxyl groups is 1. The number of phenolic OH excluding ortho intramolecular Hbond substituents is 1. The van der Waals surface area contributed by atoms with E-state index in [0.717, 1.165) is 22.8 Å². The molecule has 0 saturated carbocycles. The quantitative estimate of drug-likeness (QED) is 0.599. The van der Waals surface area contributed by atoms with Crippen molar-refractivity contribution in [3.63, 3.8) is 0 Å². The topological polar surface area (TPSA) is 79.5 Å². The molecule has 0 fully saturated rings. The lowest BCUT2D eigenvalue weighted by molar-refractivity contribution is -0.147. The van der Waals surface area contributed by atoms with Crippen molar-refractivity contribution in [2.45, 2.75) is 40.0 Å². The van der Waals surface area contributed by atoms with Crippen molar-refractivity contribution in [2.75, 3.05) is 0 Å². The number of carbonyl (C=O) groups excluding carboxylic acids is 1. The zero-order chi connectivity index (χ0) is 23.5. The van der Waals surface area contributed by atoms with Crippen molar-refractivity contribution in [1.82, 2.24) is 4.57 Å². The van der Waals surface area contributed by atoms with Crippen LogP contribution in [0.15, 0.2) is 30.3 Å². The minimum absolute atomic E-state index is 0.0491. The molecule has 0 aliphatic heterocycles. The molecule has 0 unspecified atom stereocenters. The number of hydrogen-bond donors (Lipinski definition) is 2. The predicted molar refractivity (Wildman–Crippen MR) is 109 cm³/mol. The Morgan fingerprint density at radius 2 is 1.65 bits per heavy atom. The van der Waals surface area contributed by atoms with Gasteiger partial charge in [-0.3, -0.25) is 14.2 Å². The third kappa shape index (κ3) is 3.17. The zero-order valence-corrected chi connectivity index (χ0v) is 17.7. The molecule has 0 aliphatic rings. The molecule has 0 amide bonds. The highest BCUT2D eigenvalue weighted by molar-refractivity contribution is 6.06. The molecule has 0 aliphatic carbocycles. The van der Waals surface area contributed by atoms with Crippen molar-refractivity contribution < 1.29 is 33.0 Å². The summed E-state index contributed by atoms with van der Waals surface area (Å²) < 4.78 is 44.1. The van der Waals surface area contributed by atoms with Crippen molar-refractivity contribution in [1.29, 1.82) is 0 Å². The first-order valence-corrected chi connectivity index (χ1v) is 9.49. The lowest BCUT2D eigenvalue weighted by Crippen LogP contribution is -2.45. The number of aliphatic carboxylic acids is 1. The summed E-state index contributed by atoms with van der Waals surface area (Å²) in [6, 6.07) is 5.53. The van der Waals surface area contributed by atoms with Crippen LogP contribution < -0.4 is 0 Å². The number of hydrogen-bond acceptors (Lipinski definition) is 3. The van der Waals surface area contributed by atoms with E-state index in [1.807, 2.05) is 0 Å². The summed E-state index contributed by atoms with van der Waals surface area (Å²) >= 11 is 0. The fourth-order valence-corrected chi connectivity index (χ4v) is 3.91. The molecule has 2 N–H and O–H groups in total. The Kier molecular flexibility index (Phi) is 5.16. The van der Waals surface area contributed by atoms with Gasteiger partial charge in [0.2, 0.25) is 0 Å². The molecule has 1 aromatic heterocycles. The number of carbonyl (C=O) groups is 2. The summed E-state index contributed by atoms with van der Waals surface area (Å²) in [6.07, 6.45) is 0. The number of phenols is 1. The van der Waals surface area contributed by atoms with Crippen LogP contribution in [0.2, 0.25) is 0 Å². The number of benzene rings is 2. The van der Waals surface area contributed by atoms with Gasteiger partial charge in [-0.05, 0) is 37.5 Å². The summed E-state index contributed by atoms with van der Waals surface area (Å²) in [7, 11) is 0. The van der Waals surface area contributed by atoms with Crippen molar-refractivity contribution in [3.05, 3.63) is 64.6 Å². The van der Waals surface area contributed by atoms with Crippen LogP contribution in [0.4, 0.5) is 13.2 Å². The van der Waals surface area contributed by atoms with E-state index in [1.165, 1.54) is 26.0 Å². The number of carboxylic acids is 1. The van der Waals surface area contributed by atoms with Gasteiger partial charge >= 0.3 is 5.97 Å². The number of aromatic nitrogens is 1. The lowest BCUT2D eigenvalue weighted by Gasteiger charge is -2.39. The largest absolute Gasteiger partial charge is 0.503 e. The van der Waals surface area contributed by atoms with Gasteiger partial charge in [0.1, 0.15) is 5.82 Å². The fraction of sp³-hybridized carbons (Fsp3) is 0.304. The highest BCUT2D eigenvalue weighted by atomic mass is 19.1. The summed E-state index contributed by atoms with van der Waals surface area (Å²) in [6.45, 7) is 7.71. The van der Waals surface area contributed by atoms with Gasteiger partial charge in [0.25, 0.3) is 5.91 Å². The van der Waals surface area contributed by atoms with Gasteiger partial charge in [-0.2, -0.15) is 0 Å². The van der Waals surface area contributed by atoms with E-state index in [9.17, 15) is 28.6 Å². The van der Waals surface area contributed by atoms with E-state index in [0.29, 0.717) is 0 Å². The van der Waals surface area contributed by atoms with Crippen LogP contribution in [0, 0.1) is 29.8 Å². The summed E-state index contributed by atoms with van der Waals surface area (Å²) in [4.78, 5) is 25.7. The van der Waals surface area contributed by atoms with E-state index >= 15 is 4.39 Å². The second-order valence-corrected chi connectivity index (χ2v) is 8.71. The number of carboxylic acid groups (broad SMARTS) is 1. The van der Waals surface area contributed by atoms with Gasteiger partial charge in [-0.15, -0.1) is 0 Å². The second kappa shape index (κ2) is 7.14. The smallest absolute Gasteiger partial charge is 0.314 e. The Morgan fingerprint density at radius 3 is 2.16 bits per heavy atom. The zero-order valence-electron chi connectivity index (χ0n) is 17.7.